The molecule has 1 saturated heterocycles. The van der Waals surface area contributed by atoms with Crippen molar-refractivity contribution in [2.75, 3.05) is 19.6 Å². The summed E-state index contributed by atoms with van der Waals surface area (Å²) >= 11 is 0. The lowest BCUT2D eigenvalue weighted by molar-refractivity contribution is -0.163. The highest BCUT2D eigenvalue weighted by Gasteiger charge is 2.35. The van der Waals surface area contributed by atoms with E-state index in [1.807, 2.05) is 0 Å². The van der Waals surface area contributed by atoms with Crippen molar-refractivity contribution in [2.24, 2.45) is 0 Å². The summed E-state index contributed by atoms with van der Waals surface area (Å²) in [6.07, 6.45) is -4.28. The molecule has 0 saturated carbocycles. The Balaban J connectivity index is 2.55. The first-order chi connectivity index (χ1) is 7.44. The van der Waals surface area contributed by atoms with Crippen molar-refractivity contribution < 1.29 is 18.0 Å². The molecule has 1 aliphatic heterocycles. The predicted octanol–water partition coefficient (Wildman–Crippen LogP) is 1.54. The SMILES string of the molecule is CCN(C(=O)CC(F)(F)F)C1CCNCC1. The number of amides is 1. The standard InChI is InChI=1S/C10H17F3N2O/c1-2-15(8-3-5-14-6-4-8)9(16)7-10(11,12)13/h8,14H,2-7H2,1H3. The molecule has 1 N–H and O–H groups in total. The molecule has 3 nitrogen and oxygen atoms in total. The van der Waals surface area contributed by atoms with Crippen LogP contribution < -0.4 is 5.32 Å². The van der Waals surface area contributed by atoms with Gasteiger partial charge in [-0.25, -0.2) is 0 Å². The van der Waals surface area contributed by atoms with Crippen molar-refractivity contribution in [3.8, 4) is 0 Å². The highest BCUT2D eigenvalue weighted by molar-refractivity contribution is 5.77. The largest absolute Gasteiger partial charge is 0.397 e. The maximum atomic E-state index is 12.1. The Labute approximate surface area is 93.0 Å². The topological polar surface area (TPSA) is 32.3 Å². The van der Waals surface area contributed by atoms with Gasteiger partial charge in [-0.1, -0.05) is 0 Å². The molecular weight excluding hydrogens is 221 g/mol. The molecule has 16 heavy (non-hydrogen) atoms. The Kier molecular flexibility index (Phi) is 4.58. The number of hydrogen-bond donors (Lipinski definition) is 1. The number of alkyl halides is 3. The quantitative estimate of drug-likeness (QED) is 0.809. The molecular formula is C10H17F3N2O. The Morgan fingerprint density at radius 1 is 1.38 bits per heavy atom. The van der Waals surface area contributed by atoms with Gasteiger partial charge in [0.25, 0.3) is 0 Å². The summed E-state index contributed by atoms with van der Waals surface area (Å²) in [5, 5.41) is 3.12. The monoisotopic (exact) mass is 238 g/mol. The lowest BCUT2D eigenvalue weighted by Crippen LogP contribution is -2.47. The average molecular weight is 238 g/mol. The molecule has 1 aliphatic rings. The van der Waals surface area contributed by atoms with Crippen LogP contribution in [0.4, 0.5) is 13.2 Å². The zero-order chi connectivity index (χ0) is 12.2. The minimum atomic E-state index is -4.41. The van der Waals surface area contributed by atoms with E-state index in [0.717, 1.165) is 25.9 Å². The third-order valence-electron chi connectivity index (χ3n) is 2.76. The zero-order valence-electron chi connectivity index (χ0n) is 9.31. The summed E-state index contributed by atoms with van der Waals surface area (Å²) < 4.78 is 36.3. The van der Waals surface area contributed by atoms with Gasteiger partial charge in [0.2, 0.25) is 5.91 Å². The van der Waals surface area contributed by atoms with E-state index >= 15 is 0 Å². The van der Waals surface area contributed by atoms with Crippen molar-refractivity contribution in [3.63, 3.8) is 0 Å². The molecule has 1 heterocycles. The summed E-state index contributed by atoms with van der Waals surface area (Å²) in [7, 11) is 0. The fourth-order valence-electron chi connectivity index (χ4n) is 2.03. The number of halogens is 3. The summed E-state index contributed by atoms with van der Waals surface area (Å²) in [5.41, 5.74) is 0. The van der Waals surface area contributed by atoms with Crippen molar-refractivity contribution in [3.05, 3.63) is 0 Å². The van der Waals surface area contributed by atoms with Gasteiger partial charge in [0.1, 0.15) is 6.42 Å². The number of piperidine rings is 1. The third kappa shape index (κ3) is 4.00. The van der Waals surface area contributed by atoms with Gasteiger partial charge in [0.15, 0.2) is 0 Å². The minimum absolute atomic E-state index is 0.0406. The highest BCUT2D eigenvalue weighted by Crippen LogP contribution is 2.22. The molecule has 6 heteroatoms. The Hall–Kier alpha value is -0.780. The van der Waals surface area contributed by atoms with Gasteiger partial charge in [0, 0.05) is 12.6 Å². The molecule has 0 aliphatic carbocycles. The maximum Gasteiger partial charge on any atom is 0.397 e. The number of rotatable bonds is 3. The van der Waals surface area contributed by atoms with Gasteiger partial charge < -0.3 is 10.2 Å². The number of nitrogens with zero attached hydrogens (tertiary/aromatic N) is 1. The van der Waals surface area contributed by atoms with Gasteiger partial charge in [-0.15, -0.1) is 0 Å². The van der Waals surface area contributed by atoms with E-state index in [2.05, 4.69) is 5.32 Å². The molecule has 1 rings (SSSR count). The first kappa shape index (κ1) is 13.3. The van der Waals surface area contributed by atoms with Crippen LogP contribution in [0.1, 0.15) is 26.2 Å². The normalized spacial score (nSPS) is 18.5. The van der Waals surface area contributed by atoms with Crippen LogP contribution in [0.5, 0.6) is 0 Å². The van der Waals surface area contributed by atoms with Crippen LogP contribution in [0.15, 0.2) is 0 Å². The van der Waals surface area contributed by atoms with E-state index in [1.54, 1.807) is 6.92 Å². The Morgan fingerprint density at radius 2 is 1.94 bits per heavy atom. The summed E-state index contributed by atoms with van der Waals surface area (Å²) in [4.78, 5) is 12.8. The van der Waals surface area contributed by atoms with Crippen LogP contribution in [-0.2, 0) is 4.79 Å². The predicted molar refractivity (Wildman–Crippen MR) is 54.0 cm³/mol. The van der Waals surface area contributed by atoms with E-state index in [9.17, 15) is 18.0 Å². The van der Waals surface area contributed by atoms with Gasteiger partial charge in [-0.2, -0.15) is 13.2 Å². The Morgan fingerprint density at radius 3 is 2.38 bits per heavy atom. The van der Waals surface area contributed by atoms with Gasteiger partial charge >= 0.3 is 6.18 Å². The fourth-order valence-corrected chi connectivity index (χ4v) is 2.03. The summed E-state index contributed by atoms with van der Waals surface area (Å²) in [5.74, 6) is -0.804. The van der Waals surface area contributed by atoms with Crippen molar-refractivity contribution in [1.82, 2.24) is 10.2 Å². The van der Waals surface area contributed by atoms with Gasteiger partial charge in [-0.3, -0.25) is 4.79 Å². The molecule has 0 aromatic heterocycles. The lowest BCUT2D eigenvalue weighted by Gasteiger charge is -2.34. The van der Waals surface area contributed by atoms with Crippen molar-refractivity contribution in [2.45, 2.75) is 38.4 Å². The lowest BCUT2D eigenvalue weighted by atomic mass is 10.0. The van der Waals surface area contributed by atoms with Crippen molar-refractivity contribution in [1.29, 1.82) is 0 Å². The average Bonchev–Trinajstić information content (AvgIpc) is 2.17. The highest BCUT2D eigenvalue weighted by atomic mass is 19.4. The van der Waals surface area contributed by atoms with E-state index in [-0.39, 0.29) is 6.04 Å². The van der Waals surface area contributed by atoms with Crippen molar-refractivity contribution >= 4 is 5.91 Å². The van der Waals surface area contributed by atoms with E-state index in [0.29, 0.717) is 6.54 Å². The molecule has 1 fully saturated rings. The smallest absolute Gasteiger partial charge is 0.340 e. The number of hydrogen-bond acceptors (Lipinski definition) is 2. The van der Waals surface area contributed by atoms with Gasteiger partial charge in [0.05, 0.1) is 0 Å². The summed E-state index contributed by atoms with van der Waals surface area (Å²) in [6, 6.07) is -0.0406. The molecule has 0 unspecified atom stereocenters. The maximum absolute atomic E-state index is 12.1. The molecule has 0 aromatic carbocycles. The molecule has 0 atom stereocenters. The van der Waals surface area contributed by atoms with Gasteiger partial charge in [-0.05, 0) is 32.9 Å². The second-order valence-corrected chi connectivity index (χ2v) is 3.95. The second kappa shape index (κ2) is 5.52. The molecule has 0 radical (unpaired) electrons. The first-order valence-electron chi connectivity index (χ1n) is 5.51. The minimum Gasteiger partial charge on any atom is -0.340 e. The third-order valence-corrected chi connectivity index (χ3v) is 2.76. The number of nitrogens with one attached hydrogen (secondary N) is 1. The molecule has 1 amide bonds. The van der Waals surface area contributed by atoms with E-state index in [4.69, 9.17) is 0 Å². The molecule has 0 aromatic rings. The van der Waals surface area contributed by atoms with Crippen LogP contribution in [-0.4, -0.2) is 42.7 Å². The zero-order valence-corrected chi connectivity index (χ0v) is 9.31. The second-order valence-electron chi connectivity index (χ2n) is 3.95. The Bertz CT molecular complexity index is 237. The van der Waals surface area contributed by atoms with Crippen LogP contribution in [0.2, 0.25) is 0 Å². The fraction of sp³-hybridized carbons (Fsp3) is 0.900. The van der Waals surface area contributed by atoms with Crippen LogP contribution >= 0.6 is 0 Å². The van der Waals surface area contributed by atoms with E-state index < -0.39 is 18.5 Å². The molecule has 0 spiro atoms. The summed E-state index contributed by atoms with van der Waals surface area (Å²) in [6.45, 7) is 3.59. The number of carbonyl (C=O) groups is 1. The molecule has 0 bridgehead atoms. The van der Waals surface area contributed by atoms with E-state index in [1.165, 1.54) is 4.90 Å². The first-order valence-corrected chi connectivity index (χ1v) is 5.51. The molecule has 94 valence electrons. The van der Waals surface area contributed by atoms with Crippen LogP contribution in [0.25, 0.3) is 0 Å². The number of carbonyl (C=O) groups excluding carboxylic acids is 1. The van der Waals surface area contributed by atoms with Crippen LogP contribution in [0.3, 0.4) is 0 Å². The van der Waals surface area contributed by atoms with Crippen LogP contribution in [0, 0.1) is 0 Å².